The van der Waals surface area contributed by atoms with E-state index in [-0.39, 0.29) is 6.10 Å². The second-order valence-electron chi connectivity index (χ2n) is 6.01. The number of halogens is 1. The third-order valence-corrected chi connectivity index (χ3v) is 5.31. The lowest BCUT2D eigenvalue weighted by atomic mass is 9.74. The number of hydrogen-bond donors (Lipinski definition) is 1. The highest BCUT2D eigenvalue weighted by Gasteiger charge is 2.35. The molecule has 1 aliphatic heterocycles. The summed E-state index contributed by atoms with van der Waals surface area (Å²) in [5.41, 5.74) is 1.66. The van der Waals surface area contributed by atoms with Crippen LogP contribution in [0.1, 0.15) is 43.8 Å². The van der Waals surface area contributed by atoms with Crippen molar-refractivity contribution in [2.24, 2.45) is 5.41 Å². The molecule has 1 atom stereocenters. The molecule has 3 rings (SSSR count). The molecule has 19 heavy (non-hydrogen) atoms. The lowest BCUT2D eigenvalue weighted by Crippen LogP contribution is -2.37. The fourth-order valence-corrected chi connectivity index (χ4v) is 3.95. The highest BCUT2D eigenvalue weighted by Crippen LogP contribution is 2.39. The Morgan fingerprint density at radius 1 is 1.16 bits per heavy atom. The van der Waals surface area contributed by atoms with Crippen molar-refractivity contribution in [1.82, 2.24) is 5.32 Å². The van der Waals surface area contributed by atoms with Crippen molar-refractivity contribution in [1.29, 1.82) is 0 Å². The third kappa shape index (κ3) is 3.04. The standard InChI is InChI=1S/C16H22BrNO/c17-14-7-3-2-6-13(14)15-10-18-11-16(12-19-15)8-4-1-5-9-16/h2-3,6-7,15,18H,1,4-5,8-12H2. The molecule has 3 heteroatoms. The predicted molar refractivity (Wildman–Crippen MR) is 81.2 cm³/mol. The fourth-order valence-electron chi connectivity index (χ4n) is 3.41. The molecule has 1 aliphatic carbocycles. The molecule has 0 aromatic heterocycles. The molecule has 104 valence electrons. The van der Waals surface area contributed by atoms with Crippen LogP contribution in [0.3, 0.4) is 0 Å². The van der Waals surface area contributed by atoms with Crippen LogP contribution in [0.4, 0.5) is 0 Å². The van der Waals surface area contributed by atoms with E-state index < -0.39 is 0 Å². The average molecular weight is 324 g/mol. The topological polar surface area (TPSA) is 21.3 Å². The Labute approximate surface area is 124 Å². The Morgan fingerprint density at radius 2 is 1.95 bits per heavy atom. The zero-order valence-corrected chi connectivity index (χ0v) is 12.9. The van der Waals surface area contributed by atoms with Crippen LogP contribution in [-0.4, -0.2) is 19.7 Å². The molecule has 0 radical (unpaired) electrons. The fraction of sp³-hybridized carbons (Fsp3) is 0.625. The van der Waals surface area contributed by atoms with Gasteiger partial charge < -0.3 is 10.1 Å². The van der Waals surface area contributed by atoms with Gasteiger partial charge >= 0.3 is 0 Å². The minimum Gasteiger partial charge on any atom is -0.372 e. The quantitative estimate of drug-likeness (QED) is 0.841. The summed E-state index contributed by atoms with van der Waals surface area (Å²) in [6, 6.07) is 8.40. The summed E-state index contributed by atoms with van der Waals surface area (Å²) in [6.45, 7) is 2.95. The van der Waals surface area contributed by atoms with E-state index in [9.17, 15) is 0 Å². The molecule has 0 bridgehead atoms. The number of nitrogens with one attached hydrogen (secondary N) is 1. The van der Waals surface area contributed by atoms with Gasteiger partial charge in [0.15, 0.2) is 0 Å². The predicted octanol–water partition coefficient (Wildman–Crippen LogP) is 4.06. The van der Waals surface area contributed by atoms with E-state index in [2.05, 4.69) is 45.5 Å². The molecule has 2 fully saturated rings. The lowest BCUT2D eigenvalue weighted by molar-refractivity contribution is -0.00168. The molecule has 1 aromatic carbocycles. The summed E-state index contributed by atoms with van der Waals surface area (Å²) in [7, 11) is 0. The van der Waals surface area contributed by atoms with E-state index in [0.717, 1.165) is 24.2 Å². The van der Waals surface area contributed by atoms with Crippen LogP contribution in [0.15, 0.2) is 28.7 Å². The molecule has 1 unspecified atom stereocenters. The monoisotopic (exact) mass is 323 g/mol. The number of hydrogen-bond acceptors (Lipinski definition) is 2. The summed E-state index contributed by atoms with van der Waals surface area (Å²) < 4.78 is 7.42. The van der Waals surface area contributed by atoms with Crippen LogP contribution >= 0.6 is 15.9 Å². The Kier molecular flexibility index (Phi) is 4.25. The molecule has 1 saturated heterocycles. The molecule has 1 saturated carbocycles. The first-order chi connectivity index (χ1) is 9.29. The van der Waals surface area contributed by atoms with Crippen molar-refractivity contribution >= 4 is 15.9 Å². The van der Waals surface area contributed by atoms with Gasteiger partial charge in [-0.05, 0) is 24.5 Å². The van der Waals surface area contributed by atoms with E-state index in [0.29, 0.717) is 5.41 Å². The third-order valence-electron chi connectivity index (χ3n) is 4.59. The van der Waals surface area contributed by atoms with Crippen LogP contribution in [0.5, 0.6) is 0 Å². The van der Waals surface area contributed by atoms with Gasteiger partial charge in [0, 0.05) is 23.0 Å². The molecule has 0 amide bonds. The minimum absolute atomic E-state index is 0.178. The van der Waals surface area contributed by atoms with E-state index in [1.807, 2.05) is 0 Å². The van der Waals surface area contributed by atoms with Crippen molar-refractivity contribution in [2.45, 2.75) is 38.2 Å². The Bertz CT molecular complexity index is 429. The second kappa shape index (κ2) is 5.94. The first-order valence-corrected chi connectivity index (χ1v) is 8.15. The first-order valence-electron chi connectivity index (χ1n) is 7.36. The van der Waals surface area contributed by atoms with Crippen molar-refractivity contribution in [3.05, 3.63) is 34.3 Å². The average Bonchev–Trinajstić information content (AvgIpc) is 2.64. The zero-order chi connectivity index (χ0) is 13.1. The van der Waals surface area contributed by atoms with Gasteiger partial charge in [-0.3, -0.25) is 0 Å². The SMILES string of the molecule is Brc1ccccc1C1CNCC2(CCCCC2)CO1. The molecule has 1 N–H and O–H groups in total. The van der Waals surface area contributed by atoms with Gasteiger partial charge in [-0.1, -0.05) is 53.4 Å². The van der Waals surface area contributed by atoms with Crippen molar-refractivity contribution in [2.75, 3.05) is 19.7 Å². The summed E-state index contributed by atoms with van der Waals surface area (Å²) in [6.07, 6.45) is 6.95. The first kappa shape index (κ1) is 13.6. The van der Waals surface area contributed by atoms with Crippen molar-refractivity contribution in [3.8, 4) is 0 Å². The summed E-state index contributed by atoms with van der Waals surface area (Å²) >= 11 is 3.64. The highest BCUT2D eigenvalue weighted by molar-refractivity contribution is 9.10. The van der Waals surface area contributed by atoms with Crippen molar-refractivity contribution < 1.29 is 4.74 Å². The van der Waals surface area contributed by atoms with Gasteiger partial charge in [-0.25, -0.2) is 0 Å². The van der Waals surface area contributed by atoms with Crippen LogP contribution in [0.2, 0.25) is 0 Å². The second-order valence-corrected chi connectivity index (χ2v) is 6.87. The van der Waals surface area contributed by atoms with E-state index >= 15 is 0 Å². The maximum atomic E-state index is 6.27. The lowest BCUT2D eigenvalue weighted by Gasteiger charge is -2.35. The largest absolute Gasteiger partial charge is 0.372 e. The van der Waals surface area contributed by atoms with Crippen LogP contribution in [0.25, 0.3) is 0 Å². The normalized spacial score (nSPS) is 27.1. The molecule has 1 spiro atoms. The maximum Gasteiger partial charge on any atom is 0.0960 e. The molecule has 1 aromatic rings. The van der Waals surface area contributed by atoms with E-state index in [1.54, 1.807) is 0 Å². The number of ether oxygens (including phenoxy) is 1. The molecular formula is C16H22BrNO. The van der Waals surface area contributed by atoms with Crippen LogP contribution in [-0.2, 0) is 4.74 Å². The molecule has 2 aliphatic rings. The van der Waals surface area contributed by atoms with Gasteiger partial charge in [-0.2, -0.15) is 0 Å². The van der Waals surface area contributed by atoms with Crippen molar-refractivity contribution in [3.63, 3.8) is 0 Å². The Morgan fingerprint density at radius 3 is 2.74 bits per heavy atom. The van der Waals surface area contributed by atoms with E-state index in [1.165, 1.54) is 37.7 Å². The van der Waals surface area contributed by atoms with E-state index in [4.69, 9.17) is 4.74 Å². The van der Waals surface area contributed by atoms with Gasteiger partial charge in [0.1, 0.15) is 0 Å². The zero-order valence-electron chi connectivity index (χ0n) is 11.3. The molecule has 2 nitrogen and oxygen atoms in total. The number of rotatable bonds is 1. The van der Waals surface area contributed by atoms with Gasteiger partial charge in [0.05, 0.1) is 12.7 Å². The van der Waals surface area contributed by atoms with Crippen LogP contribution < -0.4 is 5.32 Å². The van der Waals surface area contributed by atoms with Gasteiger partial charge in [0.25, 0.3) is 0 Å². The summed E-state index contributed by atoms with van der Waals surface area (Å²) in [5.74, 6) is 0. The summed E-state index contributed by atoms with van der Waals surface area (Å²) in [4.78, 5) is 0. The van der Waals surface area contributed by atoms with Gasteiger partial charge in [-0.15, -0.1) is 0 Å². The molecule has 1 heterocycles. The highest BCUT2D eigenvalue weighted by atomic mass is 79.9. The smallest absolute Gasteiger partial charge is 0.0960 e. The minimum atomic E-state index is 0.178. The Balaban J connectivity index is 1.72. The molecular weight excluding hydrogens is 302 g/mol. The summed E-state index contributed by atoms with van der Waals surface area (Å²) in [5, 5.41) is 3.64. The Hall–Kier alpha value is -0.380. The number of benzene rings is 1. The van der Waals surface area contributed by atoms with Crippen LogP contribution in [0, 0.1) is 5.41 Å². The maximum absolute atomic E-state index is 6.27. The van der Waals surface area contributed by atoms with Gasteiger partial charge in [0.2, 0.25) is 0 Å².